The number of urea groups is 1. The Labute approximate surface area is 126 Å². The number of benzene rings is 1. The number of halogens is 1. The van der Waals surface area contributed by atoms with Gasteiger partial charge < -0.3 is 0 Å². The average molecular weight is 300 g/mol. The van der Waals surface area contributed by atoms with Crippen LogP contribution in [0.15, 0.2) is 46.5 Å². The van der Waals surface area contributed by atoms with Crippen LogP contribution in [0.1, 0.15) is 0 Å². The highest BCUT2D eigenvalue weighted by Gasteiger charge is 2.43. The second-order valence-electron chi connectivity index (χ2n) is 4.96. The van der Waals surface area contributed by atoms with Crippen molar-refractivity contribution in [3.05, 3.63) is 42.4 Å². The van der Waals surface area contributed by atoms with Crippen molar-refractivity contribution in [2.45, 2.75) is 0 Å². The number of rotatable bonds is 1. The monoisotopic (exact) mass is 300 g/mol. The second-order valence-corrected chi connectivity index (χ2v) is 4.96. The van der Waals surface area contributed by atoms with Crippen molar-refractivity contribution >= 4 is 29.2 Å². The Morgan fingerprint density at radius 2 is 1.91 bits per heavy atom. The largest absolute Gasteiger partial charge is 0.331 e. The molecule has 0 N–H and O–H groups in total. The zero-order valence-electron chi connectivity index (χ0n) is 12.0. The average Bonchev–Trinajstić information content (AvgIpc) is 2.53. The van der Waals surface area contributed by atoms with Gasteiger partial charge in [0.2, 0.25) is 5.91 Å². The zero-order valence-corrected chi connectivity index (χ0v) is 12.0. The van der Waals surface area contributed by atoms with E-state index in [1.807, 2.05) is 0 Å². The molecule has 0 bridgehead atoms. The minimum absolute atomic E-state index is 0.137. The number of amides is 3. The van der Waals surface area contributed by atoms with Gasteiger partial charge in [0.15, 0.2) is 0 Å². The first-order valence-electron chi connectivity index (χ1n) is 6.63. The Morgan fingerprint density at radius 3 is 2.64 bits per heavy atom. The molecule has 112 valence electrons. The molecule has 0 aromatic heterocycles. The molecule has 2 heterocycles. The maximum absolute atomic E-state index is 13.8. The van der Waals surface area contributed by atoms with Gasteiger partial charge in [-0.05, 0) is 18.2 Å². The number of amidine groups is 1. The third kappa shape index (κ3) is 2.11. The molecule has 1 unspecified atom stereocenters. The molecule has 3 amide bonds. The van der Waals surface area contributed by atoms with Crippen LogP contribution < -0.4 is 0 Å². The van der Waals surface area contributed by atoms with Gasteiger partial charge in [-0.2, -0.15) is 0 Å². The Kier molecular flexibility index (Phi) is 3.32. The van der Waals surface area contributed by atoms with Crippen LogP contribution in [0, 0.1) is 11.7 Å². The number of carbonyl (C=O) groups excluding carboxylic acids is 2. The highest BCUT2D eigenvalue weighted by molar-refractivity contribution is 6.32. The van der Waals surface area contributed by atoms with Gasteiger partial charge in [0.05, 0.1) is 11.4 Å². The lowest BCUT2D eigenvalue weighted by Gasteiger charge is -2.36. The summed E-state index contributed by atoms with van der Waals surface area (Å²) < 4.78 is 13.8. The molecule has 7 heteroatoms. The van der Waals surface area contributed by atoms with Crippen LogP contribution in [0.25, 0.3) is 0 Å². The summed E-state index contributed by atoms with van der Waals surface area (Å²) in [6.07, 6.45) is 3.00. The van der Waals surface area contributed by atoms with Crippen molar-refractivity contribution in [2.24, 2.45) is 15.9 Å². The SMILES string of the molecule is CN1C(=O)C2C(=Nc3ccccc3F)C=CN=C2N(C)C1=O. The molecule has 1 aromatic rings. The summed E-state index contributed by atoms with van der Waals surface area (Å²) in [6, 6.07) is 5.59. The van der Waals surface area contributed by atoms with Gasteiger partial charge in [0.1, 0.15) is 17.6 Å². The fourth-order valence-corrected chi connectivity index (χ4v) is 2.40. The van der Waals surface area contributed by atoms with Gasteiger partial charge in [0.25, 0.3) is 0 Å². The van der Waals surface area contributed by atoms with Crippen molar-refractivity contribution in [3.63, 3.8) is 0 Å². The lowest BCUT2D eigenvalue weighted by atomic mass is 9.95. The highest BCUT2D eigenvalue weighted by atomic mass is 19.1. The summed E-state index contributed by atoms with van der Waals surface area (Å²) in [5.41, 5.74) is 0.490. The smallest absolute Gasteiger partial charge is 0.284 e. The van der Waals surface area contributed by atoms with Gasteiger partial charge >= 0.3 is 6.03 Å². The molecule has 3 rings (SSSR count). The summed E-state index contributed by atoms with van der Waals surface area (Å²) in [7, 11) is 2.94. The maximum atomic E-state index is 13.8. The molecule has 1 aromatic carbocycles. The molecule has 2 aliphatic rings. The van der Waals surface area contributed by atoms with E-state index in [-0.39, 0.29) is 5.69 Å². The summed E-state index contributed by atoms with van der Waals surface area (Å²) >= 11 is 0. The first-order chi connectivity index (χ1) is 10.5. The van der Waals surface area contributed by atoms with Crippen LogP contribution in [0.3, 0.4) is 0 Å². The summed E-state index contributed by atoms with van der Waals surface area (Å²) in [5.74, 6) is -1.42. The van der Waals surface area contributed by atoms with Crippen LogP contribution in [0.5, 0.6) is 0 Å². The number of nitrogens with zero attached hydrogens (tertiary/aromatic N) is 4. The number of aliphatic imine (C=N–C) groups is 2. The minimum atomic E-state index is -0.808. The predicted octanol–water partition coefficient (Wildman–Crippen LogP) is 1.96. The number of allylic oxidation sites excluding steroid dienone is 1. The van der Waals surface area contributed by atoms with Crippen LogP contribution in [0.4, 0.5) is 14.9 Å². The van der Waals surface area contributed by atoms with Crippen LogP contribution in [-0.4, -0.2) is 47.4 Å². The molecule has 0 radical (unpaired) electrons. The highest BCUT2D eigenvalue weighted by Crippen LogP contribution is 2.25. The fourth-order valence-electron chi connectivity index (χ4n) is 2.40. The molecule has 1 saturated heterocycles. The Bertz CT molecular complexity index is 754. The predicted molar refractivity (Wildman–Crippen MR) is 79.5 cm³/mol. The van der Waals surface area contributed by atoms with E-state index in [0.29, 0.717) is 11.5 Å². The minimum Gasteiger partial charge on any atom is -0.284 e. The van der Waals surface area contributed by atoms with Gasteiger partial charge in [-0.1, -0.05) is 12.1 Å². The molecule has 1 atom stereocenters. The number of fused-ring (bicyclic) bond motifs is 1. The van der Waals surface area contributed by atoms with Gasteiger partial charge in [-0.3, -0.25) is 14.6 Å². The Balaban J connectivity index is 2.07. The second kappa shape index (κ2) is 5.18. The van der Waals surface area contributed by atoms with E-state index in [4.69, 9.17) is 0 Å². The molecule has 22 heavy (non-hydrogen) atoms. The van der Waals surface area contributed by atoms with E-state index in [9.17, 15) is 14.0 Å². The van der Waals surface area contributed by atoms with E-state index >= 15 is 0 Å². The lowest BCUT2D eigenvalue weighted by Crippen LogP contribution is -2.59. The summed E-state index contributed by atoms with van der Waals surface area (Å²) in [4.78, 5) is 35.0. The van der Waals surface area contributed by atoms with Crippen molar-refractivity contribution in [1.29, 1.82) is 0 Å². The van der Waals surface area contributed by atoms with Gasteiger partial charge in [-0.15, -0.1) is 0 Å². The normalized spacial score (nSPS) is 23.0. The standard InChI is InChI=1S/C15H13FN4O2/c1-19-13-12(14(21)20(2)15(19)22)11(7-8-17-13)18-10-6-4-3-5-9(10)16/h3-8,12H,1-2H3. The molecule has 0 spiro atoms. The molecule has 0 saturated carbocycles. The van der Waals surface area contributed by atoms with Crippen LogP contribution >= 0.6 is 0 Å². The van der Waals surface area contributed by atoms with E-state index < -0.39 is 23.7 Å². The summed E-state index contributed by atoms with van der Waals surface area (Å²) in [5, 5.41) is 0. The third-order valence-electron chi connectivity index (χ3n) is 3.60. The fraction of sp³-hybridized carbons (Fsp3) is 0.200. The van der Waals surface area contributed by atoms with E-state index in [1.54, 1.807) is 18.2 Å². The third-order valence-corrected chi connectivity index (χ3v) is 3.60. The molecular formula is C15H13FN4O2. The molecule has 6 nitrogen and oxygen atoms in total. The van der Waals surface area contributed by atoms with E-state index in [1.165, 1.54) is 37.3 Å². The van der Waals surface area contributed by atoms with Crippen molar-refractivity contribution in [3.8, 4) is 0 Å². The molecule has 1 fully saturated rings. The Hall–Kier alpha value is -2.83. The molecule has 0 aliphatic carbocycles. The van der Waals surface area contributed by atoms with Crippen molar-refractivity contribution < 1.29 is 14.0 Å². The first-order valence-corrected chi connectivity index (χ1v) is 6.63. The number of imide groups is 1. The van der Waals surface area contributed by atoms with Gasteiger partial charge in [0, 0.05) is 20.3 Å². The number of carbonyl (C=O) groups is 2. The molecular weight excluding hydrogens is 287 g/mol. The topological polar surface area (TPSA) is 65.3 Å². The quantitative estimate of drug-likeness (QED) is 0.796. The number of para-hydroxylation sites is 1. The Morgan fingerprint density at radius 1 is 1.18 bits per heavy atom. The number of hydrogen-bond acceptors (Lipinski definition) is 4. The van der Waals surface area contributed by atoms with Crippen molar-refractivity contribution in [1.82, 2.24) is 9.80 Å². The van der Waals surface area contributed by atoms with Crippen LogP contribution in [-0.2, 0) is 4.79 Å². The van der Waals surface area contributed by atoms with Gasteiger partial charge in [-0.25, -0.2) is 19.2 Å². The zero-order chi connectivity index (χ0) is 15.9. The maximum Gasteiger partial charge on any atom is 0.331 e. The van der Waals surface area contributed by atoms with E-state index in [2.05, 4.69) is 9.98 Å². The first kappa shape index (κ1) is 14.1. The van der Waals surface area contributed by atoms with Crippen LogP contribution in [0.2, 0.25) is 0 Å². The number of hydrogen-bond donors (Lipinski definition) is 0. The molecule has 2 aliphatic heterocycles. The van der Waals surface area contributed by atoms with Crippen molar-refractivity contribution in [2.75, 3.05) is 14.1 Å². The lowest BCUT2D eigenvalue weighted by molar-refractivity contribution is -0.128. The van der Waals surface area contributed by atoms with E-state index in [0.717, 1.165) is 4.90 Å². The summed E-state index contributed by atoms with van der Waals surface area (Å²) in [6.45, 7) is 0.